The number of nitrogens with zero attached hydrogens (tertiary/aromatic N) is 2. The number of aryl methyl sites for hydroxylation is 1. The molecular weight excluding hydrogens is 402 g/mol. The number of rotatable bonds is 9. The number of amides is 1. The highest BCUT2D eigenvalue weighted by Gasteiger charge is 2.13. The molecule has 8 heteroatoms. The predicted molar refractivity (Wildman–Crippen MR) is 115 cm³/mol. The minimum Gasteiger partial charge on any atom is -0.462 e. The van der Waals surface area contributed by atoms with E-state index in [1.54, 1.807) is 24.3 Å². The van der Waals surface area contributed by atoms with Gasteiger partial charge in [0.05, 0.1) is 17.9 Å². The number of aromatic nitrogens is 2. The van der Waals surface area contributed by atoms with Crippen LogP contribution in [-0.4, -0.2) is 34.4 Å². The third kappa shape index (κ3) is 5.93. The predicted octanol–water partition coefficient (Wildman–Crippen LogP) is 4.73. The molecule has 0 unspecified atom stereocenters. The molecule has 0 radical (unpaired) electrons. The maximum Gasteiger partial charge on any atom is 0.338 e. The van der Waals surface area contributed by atoms with Crippen molar-refractivity contribution in [3.63, 3.8) is 0 Å². The van der Waals surface area contributed by atoms with E-state index in [9.17, 15) is 9.59 Å². The lowest BCUT2D eigenvalue weighted by Crippen LogP contribution is -2.14. The average molecular weight is 426 g/mol. The first kappa shape index (κ1) is 21.6. The number of unbranched alkanes of at least 4 members (excludes halogenated alkanes) is 1. The zero-order valence-corrected chi connectivity index (χ0v) is 17.7. The fourth-order valence-corrected chi connectivity index (χ4v) is 3.16. The van der Waals surface area contributed by atoms with Gasteiger partial charge >= 0.3 is 5.97 Å². The molecule has 0 bridgehead atoms. The molecule has 3 aromatic rings. The zero-order valence-electron chi connectivity index (χ0n) is 16.9. The Bertz CT molecular complexity index is 1000. The second-order valence-corrected chi connectivity index (χ2v) is 7.52. The van der Waals surface area contributed by atoms with Crippen LogP contribution in [0.2, 0.25) is 0 Å². The Morgan fingerprint density at radius 3 is 2.60 bits per heavy atom. The summed E-state index contributed by atoms with van der Waals surface area (Å²) in [5.74, 6) is -0.0278. The lowest BCUT2D eigenvalue weighted by Gasteiger charge is -2.06. The summed E-state index contributed by atoms with van der Waals surface area (Å²) < 4.78 is 10.8. The minimum atomic E-state index is -0.363. The van der Waals surface area contributed by atoms with Crippen molar-refractivity contribution >= 4 is 29.3 Å². The molecule has 1 N–H and O–H groups in total. The highest BCUT2D eigenvalue weighted by atomic mass is 32.2. The molecular formula is C22H23N3O4S. The van der Waals surface area contributed by atoms with Gasteiger partial charge in [-0.25, -0.2) is 4.79 Å². The number of carbonyl (C=O) groups is 2. The Morgan fingerprint density at radius 2 is 1.87 bits per heavy atom. The topological polar surface area (TPSA) is 94.3 Å². The summed E-state index contributed by atoms with van der Waals surface area (Å²) in [7, 11) is 0. The fraction of sp³-hybridized carbons (Fsp3) is 0.273. The van der Waals surface area contributed by atoms with Gasteiger partial charge in [-0.15, -0.1) is 10.2 Å². The monoisotopic (exact) mass is 425 g/mol. The maximum absolute atomic E-state index is 12.2. The van der Waals surface area contributed by atoms with Crippen LogP contribution in [0.1, 0.15) is 35.7 Å². The molecule has 30 heavy (non-hydrogen) atoms. The molecule has 1 heterocycles. The Hall–Kier alpha value is -3.13. The van der Waals surface area contributed by atoms with Crippen molar-refractivity contribution in [2.24, 2.45) is 0 Å². The fourth-order valence-electron chi connectivity index (χ4n) is 2.60. The summed E-state index contributed by atoms with van der Waals surface area (Å²) in [5, 5.41) is 11.1. The van der Waals surface area contributed by atoms with Crippen molar-refractivity contribution < 1.29 is 18.7 Å². The van der Waals surface area contributed by atoms with E-state index in [4.69, 9.17) is 9.15 Å². The highest BCUT2D eigenvalue weighted by Crippen LogP contribution is 2.25. The van der Waals surface area contributed by atoms with E-state index < -0.39 is 0 Å². The van der Waals surface area contributed by atoms with E-state index >= 15 is 0 Å². The average Bonchev–Trinajstić information content (AvgIpc) is 3.22. The SMILES string of the molecule is CCCCOC(=O)c1ccc(NC(=O)CSc2nnc(-c3ccccc3C)o2)cc1. The van der Waals surface area contributed by atoms with Crippen LogP contribution in [0.25, 0.3) is 11.5 Å². The van der Waals surface area contributed by atoms with Crippen molar-refractivity contribution in [3.05, 3.63) is 59.7 Å². The van der Waals surface area contributed by atoms with Crippen molar-refractivity contribution in [1.82, 2.24) is 10.2 Å². The van der Waals surface area contributed by atoms with Gasteiger partial charge in [-0.2, -0.15) is 0 Å². The van der Waals surface area contributed by atoms with Crippen molar-refractivity contribution in [1.29, 1.82) is 0 Å². The van der Waals surface area contributed by atoms with E-state index in [2.05, 4.69) is 15.5 Å². The van der Waals surface area contributed by atoms with Crippen LogP contribution in [0.15, 0.2) is 58.2 Å². The number of hydrogen-bond donors (Lipinski definition) is 1. The first-order valence-electron chi connectivity index (χ1n) is 9.66. The second kappa shape index (κ2) is 10.6. The van der Waals surface area contributed by atoms with Gasteiger partial charge in [-0.1, -0.05) is 43.3 Å². The maximum atomic E-state index is 12.2. The molecule has 3 rings (SSSR count). The molecule has 0 aliphatic carbocycles. The van der Waals surface area contributed by atoms with Crippen LogP contribution < -0.4 is 5.32 Å². The molecule has 7 nitrogen and oxygen atoms in total. The molecule has 0 saturated carbocycles. The van der Waals surface area contributed by atoms with Gasteiger partial charge < -0.3 is 14.5 Å². The summed E-state index contributed by atoms with van der Waals surface area (Å²) in [5.41, 5.74) is 2.95. The van der Waals surface area contributed by atoms with Crippen molar-refractivity contribution in [2.75, 3.05) is 17.7 Å². The third-order valence-corrected chi connectivity index (χ3v) is 5.06. The number of hydrogen-bond acceptors (Lipinski definition) is 7. The lowest BCUT2D eigenvalue weighted by atomic mass is 10.1. The first-order valence-corrected chi connectivity index (χ1v) is 10.6. The van der Waals surface area contributed by atoms with Crippen LogP contribution in [0.5, 0.6) is 0 Å². The molecule has 0 fully saturated rings. The number of nitrogens with one attached hydrogen (secondary N) is 1. The second-order valence-electron chi connectivity index (χ2n) is 6.59. The number of esters is 1. The number of benzene rings is 2. The third-order valence-electron chi connectivity index (χ3n) is 4.24. The molecule has 0 atom stereocenters. The van der Waals surface area contributed by atoms with Gasteiger partial charge in [-0.05, 0) is 49.2 Å². The van der Waals surface area contributed by atoms with Crippen LogP contribution >= 0.6 is 11.8 Å². The molecule has 2 aromatic carbocycles. The molecule has 0 spiro atoms. The molecule has 1 aromatic heterocycles. The summed E-state index contributed by atoms with van der Waals surface area (Å²) in [6.07, 6.45) is 1.80. The molecule has 156 valence electrons. The minimum absolute atomic E-state index is 0.121. The van der Waals surface area contributed by atoms with Crippen LogP contribution in [0, 0.1) is 6.92 Å². The van der Waals surface area contributed by atoms with E-state index in [1.165, 1.54) is 0 Å². The number of carbonyl (C=O) groups excluding carboxylic acids is 2. The number of ether oxygens (including phenoxy) is 1. The van der Waals surface area contributed by atoms with Gasteiger partial charge in [0.15, 0.2) is 0 Å². The summed E-state index contributed by atoms with van der Waals surface area (Å²) in [6.45, 7) is 4.41. The Kier molecular flexibility index (Phi) is 7.62. The van der Waals surface area contributed by atoms with Gasteiger partial charge in [0.2, 0.25) is 11.8 Å². The quantitative estimate of drug-likeness (QED) is 0.301. The van der Waals surface area contributed by atoms with Gasteiger partial charge in [0.25, 0.3) is 5.22 Å². The Labute approximate surface area is 179 Å². The van der Waals surface area contributed by atoms with E-state index in [0.717, 1.165) is 35.7 Å². The van der Waals surface area contributed by atoms with Crippen LogP contribution in [0.3, 0.4) is 0 Å². The summed E-state index contributed by atoms with van der Waals surface area (Å²) in [6, 6.07) is 14.3. The summed E-state index contributed by atoms with van der Waals surface area (Å²) >= 11 is 1.16. The molecule has 0 saturated heterocycles. The first-order chi connectivity index (χ1) is 14.6. The van der Waals surface area contributed by atoms with Gasteiger partial charge in [0.1, 0.15) is 0 Å². The van der Waals surface area contributed by atoms with Crippen LogP contribution in [-0.2, 0) is 9.53 Å². The van der Waals surface area contributed by atoms with E-state index in [0.29, 0.717) is 29.0 Å². The van der Waals surface area contributed by atoms with Gasteiger partial charge in [-0.3, -0.25) is 4.79 Å². The van der Waals surface area contributed by atoms with Crippen LogP contribution in [0.4, 0.5) is 5.69 Å². The lowest BCUT2D eigenvalue weighted by molar-refractivity contribution is -0.113. The van der Waals surface area contributed by atoms with Crippen molar-refractivity contribution in [2.45, 2.75) is 31.9 Å². The number of anilines is 1. The molecule has 0 aliphatic rings. The number of thioether (sulfide) groups is 1. The summed E-state index contributed by atoms with van der Waals surface area (Å²) in [4.78, 5) is 24.1. The Balaban J connectivity index is 1.49. The van der Waals surface area contributed by atoms with E-state index in [-0.39, 0.29) is 17.6 Å². The highest BCUT2D eigenvalue weighted by molar-refractivity contribution is 7.99. The standard InChI is InChI=1S/C22H23N3O4S/c1-3-4-13-28-21(27)16-9-11-17(12-10-16)23-19(26)14-30-22-25-24-20(29-22)18-8-6-5-7-15(18)2/h5-12H,3-4,13-14H2,1-2H3,(H,23,26). The largest absolute Gasteiger partial charge is 0.462 e. The molecule has 1 amide bonds. The normalized spacial score (nSPS) is 10.6. The van der Waals surface area contributed by atoms with E-state index in [1.807, 2.05) is 38.1 Å². The Morgan fingerprint density at radius 1 is 1.10 bits per heavy atom. The van der Waals surface area contributed by atoms with Crippen molar-refractivity contribution in [3.8, 4) is 11.5 Å². The smallest absolute Gasteiger partial charge is 0.338 e. The molecule has 0 aliphatic heterocycles. The van der Waals surface area contributed by atoms with Gasteiger partial charge in [0, 0.05) is 11.3 Å². The zero-order chi connectivity index (χ0) is 21.3.